The Morgan fingerprint density at radius 3 is 2.83 bits per heavy atom. The molecule has 10 heteroatoms. The molecule has 1 N–H and O–H groups in total. The number of rotatable bonds is 4. The smallest absolute Gasteiger partial charge is 0.377 e. The number of hydrogen-bond donors (Lipinski definition) is 1. The van der Waals surface area contributed by atoms with E-state index in [-0.39, 0.29) is 24.4 Å². The van der Waals surface area contributed by atoms with Gasteiger partial charge < -0.3 is 19.5 Å². The zero-order chi connectivity index (χ0) is 17.0. The molecule has 0 bridgehead atoms. The molecule has 7 nitrogen and oxygen atoms in total. The van der Waals surface area contributed by atoms with E-state index in [0.717, 1.165) is 6.42 Å². The molecule has 1 unspecified atom stereocenters. The van der Waals surface area contributed by atoms with Gasteiger partial charge in [-0.3, -0.25) is 0 Å². The van der Waals surface area contributed by atoms with Crippen LogP contribution in [0.2, 0.25) is 0 Å². The third-order valence-corrected chi connectivity index (χ3v) is 3.34. The van der Waals surface area contributed by atoms with Crippen LogP contribution in [-0.4, -0.2) is 46.9 Å². The summed E-state index contributed by atoms with van der Waals surface area (Å²) in [6.45, 7) is 5.17. The number of carbonyl (C=O) groups excluding carboxylic acids is 1. The predicted octanol–water partition coefficient (Wildman–Crippen LogP) is 2.04. The van der Waals surface area contributed by atoms with Gasteiger partial charge in [-0.25, -0.2) is 4.79 Å². The maximum atomic E-state index is 12.4. The molecule has 1 saturated heterocycles. The molecule has 1 aromatic rings. The lowest BCUT2D eigenvalue weighted by Gasteiger charge is -2.36. The Kier molecular flexibility index (Phi) is 5.45. The number of urea groups is 1. The van der Waals surface area contributed by atoms with Gasteiger partial charge in [0.25, 0.3) is 0 Å². The lowest BCUT2D eigenvalue weighted by atomic mass is 10.0. The normalized spacial score (nSPS) is 19.2. The molecule has 0 spiro atoms. The molecule has 2 rings (SSSR count). The summed E-state index contributed by atoms with van der Waals surface area (Å²) in [5, 5.41) is 5.72. The van der Waals surface area contributed by atoms with Crippen molar-refractivity contribution in [3.8, 4) is 0 Å². The number of carbonyl (C=O) groups is 1. The minimum atomic E-state index is -4.69. The molecule has 1 aromatic heterocycles. The average molecular weight is 336 g/mol. The number of halogens is 3. The second kappa shape index (κ2) is 7.16. The molecule has 2 amide bonds. The SMILES string of the molecule is CC(C)CC1COCCN1C(=O)NCc1noc(C(F)(F)F)n1. The highest BCUT2D eigenvalue weighted by Gasteiger charge is 2.38. The van der Waals surface area contributed by atoms with Crippen LogP contribution in [0.1, 0.15) is 32.0 Å². The first-order chi connectivity index (χ1) is 10.8. The van der Waals surface area contributed by atoms with Crippen LogP contribution in [0.3, 0.4) is 0 Å². The van der Waals surface area contributed by atoms with Gasteiger partial charge in [-0.2, -0.15) is 18.2 Å². The van der Waals surface area contributed by atoms with Crippen molar-refractivity contribution in [1.82, 2.24) is 20.4 Å². The van der Waals surface area contributed by atoms with Crippen molar-refractivity contribution in [3.05, 3.63) is 11.7 Å². The highest BCUT2D eigenvalue weighted by atomic mass is 19.4. The minimum absolute atomic E-state index is 0.0558. The molecule has 0 aromatic carbocycles. The first-order valence-corrected chi connectivity index (χ1v) is 7.29. The molecular formula is C13H19F3N4O3. The summed E-state index contributed by atoms with van der Waals surface area (Å²) < 4.78 is 46.6. The number of nitrogens with one attached hydrogen (secondary N) is 1. The number of aromatic nitrogens is 2. The lowest BCUT2D eigenvalue weighted by Crippen LogP contribution is -2.52. The number of hydrogen-bond acceptors (Lipinski definition) is 5. The Morgan fingerprint density at radius 2 is 2.22 bits per heavy atom. The first-order valence-electron chi connectivity index (χ1n) is 7.29. The molecule has 0 saturated carbocycles. The van der Waals surface area contributed by atoms with E-state index in [1.54, 1.807) is 4.90 Å². The van der Waals surface area contributed by atoms with E-state index in [1.165, 1.54) is 0 Å². The molecule has 1 aliphatic heterocycles. The molecule has 0 radical (unpaired) electrons. The van der Waals surface area contributed by atoms with Crippen molar-refractivity contribution in [1.29, 1.82) is 0 Å². The summed E-state index contributed by atoms with van der Waals surface area (Å²) in [6.07, 6.45) is -3.91. The van der Waals surface area contributed by atoms with Gasteiger partial charge in [-0.15, -0.1) is 0 Å². The van der Waals surface area contributed by atoms with E-state index in [1.807, 2.05) is 13.8 Å². The number of alkyl halides is 3. The van der Waals surface area contributed by atoms with E-state index < -0.39 is 12.1 Å². The molecule has 1 aliphatic rings. The van der Waals surface area contributed by atoms with Crippen LogP contribution >= 0.6 is 0 Å². The van der Waals surface area contributed by atoms with Crippen molar-refractivity contribution >= 4 is 6.03 Å². The monoisotopic (exact) mass is 336 g/mol. The summed E-state index contributed by atoms with van der Waals surface area (Å²) in [5.74, 6) is -1.26. The molecule has 1 atom stereocenters. The zero-order valence-electron chi connectivity index (χ0n) is 12.9. The third-order valence-electron chi connectivity index (χ3n) is 3.34. The zero-order valence-corrected chi connectivity index (χ0v) is 12.9. The number of nitrogens with zero attached hydrogens (tertiary/aromatic N) is 3. The standard InChI is InChI=1S/C13H19F3N4O3/c1-8(2)5-9-7-22-4-3-20(9)12(21)17-6-10-18-11(23-19-10)13(14,15)16/h8-9H,3-7H2,1-2H3,(H,17,21). The summed E-state index contributed by atoms with van der Waals surface area (Å²) in [7, 11) is 0. The molecular weight excluding hydrogens is 317 g/mol. The quantitative estimate of drug-likeness (QED) is 0.910. The van der Waals surface area contributed by atoms with E-state index >= 15 is 0 Å². The Balaban J connectivity index is 1.91. The van der Waals surface area contributed by atoms with Crippen molar-refractivity contribution in [2.45, 2.75) is 39.0 Å². The maximum Gasteiger partial charge on any atom is 0.471 e. The summed E-state index contributed by atoms with van der Waals surface area (Å²) in [4.78, 5) is 17.1. The van der Waals surface area contributed by atoms with Crippen LogP contribution in [0.15, 0.2) is 4.52 Å². The van der Waals surface area contributed by atoms with Crippen LogP contribution in [0.4, 0.5) is 18.0 Å². The highest BCUT2D eigenvalue weighted by molar-refractivity contribution is 5.74. The van der Waals surface area contributed by atoms with Crippen molar-refractivity contribution in [2.24, 2.45) is 5.92 Å². The van der Waals surface area contributed by atoms with Crippen LogP contribution in [0, 0.1) is 5.92 Å². The van der Waals surface area contributed by atoms with Crippen molar-refractivity contribution in [3.63, 3.8) is 0 Å². The molecule has 23 heavy (non-hydrogen) atoms. The third kappa shape index (κ3) is 4.81. The largest absolute Gasteiger partial charge is 0.471 e. The predicted molar refractivity (Wildman–Crippen MR) is 72.3 cm³/mol. The second-order valence-corrected chi connectivity index (χ2v) is 5.72. The summed E-state index contributed by atoms with van der Waals surface area (Å²) >= 11 is 0. The van der Waals surface area contributed by atoms with Gasteiger partial charge in [0.1, 0.15) is 0 Å². The molecule has 0 aliphatic carbocycles. The van der Waals surface area contributed by atoms with Gasteiger partial charge in [0.15, 0.2) is 5.82 Å². The summed E-state index contributed by atoms with van der Waals surface area (Å²) in [6, 6.07) is -0.433. The number of ether oxygens (including phenoxy) is 1. The Hall–Kier alpha value is -1.84. The van der Waals surface area contributed by atoms with Gasteiger partial charge >= 0.3 is 18.1 Å². The highest BCUT2D eigenvalue weighted by Crippen LogP contribution is 2.27. The fourth-order valence-electron chi connectivity index (χ4n) is 2.36. The van der Waals surface area contributed by atoms with Gasteiger partial charge in [0.2, 0.25) is 0 Å². The fourth-order valence-corrected chi connectivity index (χ4v) is 2.36. The van der Waals surface area contributed by atoms with Crippen LogP contribution < -0.4 is 5.32 Å². The Bertz CT molecular complexity index is 533. The van der Waals surface area contributed by atoms with Crippen LogP contribution in [-0.2, 0) is 17.5 Å². The molecule has 1 fully saturated rings. The van der Waals surface area contributed by atoms with E-state index in [0.29, 0.717) is 25.7 Å². The van der Waals surface area contributed by atoms with E-state index in [4.69, 9.17) is 4.74 Å². The van der Waals surface area contributed by atoms with Crippen LogP contribution in [0.5, 0.6) is 0 Å². The van der Waals surface area contributed by atoms with E-state index in [2.05, 4.69) is 20.0 Å². The second-order valence-electron chi connectivity index (χ2n) is 5.72. The van der Waals surface area contributed by atoms with Crippen molar-refractivity contribution in [2.75, 3.05) is 19.8 Å². The Labute approximate surface area is 131 Å². The van der Waals surface area contributed by atoms with Crippen LogP contribution in [0.25, 0.3) is 0 Å². The summed E-state index contributed by atoms with van der Waals surface area (Å²) in [5.41, 5.74) is 0. The van der Waals surface area contributed by atoms with Gasteiger partial charge in [0, 0.05) is 6.54 Å². The molecule has 130 valence electrons. The average Bonchev–Trinajstić information content (AvgIpc) is 2.93. The fraction of sp³-hybridized carbons (Fsp3) is 0.769. The minimum Gasteiger partial charge on any atom is -0.377 e. The first kappa shape index (κ1) is 17.5. The number of amides is 2. The molecule has 2 heterocycles. The maximum absolute atomic E-state index is 12.4. The van der Waals surface area contributed by atoms with Gasteiger partial charge in [0.05, 0.1) is 25.8 Å². The van der Waals surface area contributed by atoms with Gasteiger partial charge in [-0.1, -0.05) is 19.0 Å². The number of morpholine rings is 1. The van der Waals surface area contributed by atoms with Gasteiger partial charge in [-0.05, 0) is 12.3 Å². The van der Waals surface area contributed by atoms with E-state index in [9.17, 15) is 18.0 Å². The Morgan fingerprint density at radius 1 is 1.48 bits per heavy atom. The van der Waals surface area contributed by atoms with Crippen molar-refractivity contribution < 1.29 is 27.2 Å². The lowest BCUT2D eigenvalue weighted by molar-refractivity contribution is -0.159. The topological polar surface area (TPSA) is 80.5 Å².